The monoisotopic (exact) mass is 253 g/mol. The first-order valence-electron chi connectivity index (χ1n) is 6.08. The van der Waals surface area contributed by atoms with Crippen LogP contribution in [-0.4, -0.2) is 30.3 Å². The second kappa shape index (κ2) is 4.76. The van der Waals surface area contributed by atoms with Gasteiger partial charge in [0.25, 0.3) is 0 Å². The fourth-order valence-corrected chi connectivity index (χ4v) is 2.36. The van der Waals surface area contributed by atoms with Crippen molar-refractivity contribution in [2.24, 2.45) is 5.41 Å². The summed E-state index contributed by atoms with van der Waals surface area (Å²) in [5.74, 6) is -1.73. The molecule has 1 heterocycles. The van der Waals surface area contributed by atoms with Gasteiger partial charge in [-0.25, -0.2) is 8.78 Å². The molecular formula is C14H17F2NO. The Kier molecular flexibility index (Phi) is 3.48. The van der Waals surface area contributed by atoms with E-state index in [4.69, 9.17) is 0 Å². The Labute approximate surface area is 106 Å². The van der Waals surface area contributed by atoms with Gasteiger partial charge < -0.3 is 0 Å². The van der Waals surface area contributed by atoms with Gasteiger partial charge in [0, 0.05) is 12.6 Å². The zero-order valence-corrected chi connectivity index (χ0v) is 10.7. The molecule has 18 heavy (non-hydrogen) atoms. The highest BCUT2D eigenvalue weighted by Gasteiger charge is 2.30. The van der Waals surface area contributed by atoms with Gasteiger partial charge in [0.15, 0.2) is 5.78 Å². The molecule has 1 aromatic rings. The van der Waals surface area contributed by atoms with Crippen LogP contribution in [0.15, 0.2) is 18.2 Å². The van der Waals surface area contributed by atoms with Crippen molar-refractivity contribution < 1.29 is 13.6 Å². The number of benzene rings is 1. The fraction of sp³-hybridized carbons (Fsp3) is 0.500. The van der Waals surface area contributed by atoms with Crippen molar-refractivity contribution in [2.75, 3.05) is 19.6 Å². The van der Waals surface area contributed by atoms with Gasteiger partial charge in [0.2, 0.25) is 0 Å². The van der Waals surface area contributed by atoms with Crippen LogP contribution in [0.25, 0.3) is 0 Å². The lowest BCUT2D eigenvalue weighted by molar-refractivity contribution is 0.0936. The van der Waals surface area contributed by atoms with Gasteiger partial charge in [-0.2, -0.15) is 0 Å². The Morgan fingerprint density at radius 2 is 2.11 bits per heavy atom. The van der Waals surface area contributed by atoms with E-state index >= 15 is 0 Å². The quantitative estimate of drug-likeness (QED) is 0.772. The summed E-state index contributed by atoms with van der Waals surface area (Å²) in [5.41, 5.74) is 0.183. The third-order valence-electron chi connectivity index (χ3n) is 3.36. The maximum Gasteiger partial charge on any atom is 0.179 e. The van der Waals surface area contributed by atoms with Crippen molar-refractivity contribution in [1.29, 1.82) is 0 Å². The summed E-state index contributed by atoms with van der Waals surface area (Å²) < 4.78 is 26.2. The number of hydrogen-bond acceptors (Lipinski definition) is 2. The number of halogens is 2. The molecule has 2 nitrogen and oxygen atoms in total. The largest absolute Gasteiger partial charge is 0.295 e. The number of likely N-dealkylation sites (tertiary alicyclic amines) is 1. The number of hydrogen-bond donors (Lipinski definition) is 0. The van der Waals surface area contributed by atoms with Crippen LogP contribution in [-0.2, 0) is 0 Å². The number of rotatable bonds is 3. The molecule has 1 aromatic carbocycles. The lowest BCUT2D eigenvalue weighted by atomic mass is 9.93. The normalized spacial score (nSPS) is 19.1. The van der Waals surface area contributed by atoms with Crippen LogP contribution < -0.4 is 0 Å². The van der Waals surface area contributed by atoms with Crippen LogP contribution in [0.3, 0.4) is 0 Å². The standard InChI is InChI=1S/C14H17F2NO/c1-14(2)5-6-17(9-14)8-13(18)11-4-3-10(15)7-12(11)16/h3-4,7H,5-6,8-9H2,1-2H3. The summed E-state index contributed by atoms with van der Waals surface area (Å²) in [6.45, 7) is 6.18. The van der Waals surface area contributed by atoms with Crippen molar-refractivity contribution in [3.63, 3.8) is 0 Å². The third-order valence-corrected chi connectivity index (χ3v) is 3.36. The zero-order chi connectivity index (χ0) is 13.3. The Morgan fingerprint density at radius 1 is 1.39 bits per heavy atom. The van der Waals surface area contributed by atoms with E-state index in [2.05, 4.69) is 13.8 Å². The molecule has 0 radical (unpaired) electrons. The van der Waals surface area contributed by atoms with Gasteiger partial charge in [-0.1, -0.05) is 13.8 Å². The highest BCUT2D eigenvalue weighted by atomic mass is 19.1. The van der Waals surface area contributed by atoms with Crippen LogP contribution in [0.2, 0.25) is 0 Å². The summed E-state index contributed by atoms with van der Waals surface area (Å²) in [4.78, 5) is 14.0. The maximum absolute atomic E-state index is 13.4. The van der Waals surface area contributed by atoms with Crippen LogP contribution in [0, 0.1) is 17.0 Å². The summed E-state index contributed by atoms with van der Waals surface area (Å²) in [6.07, 6.45) is 1.03. The van der Waals surface area contributed by atoms with E-state index < -0.39 is 11.6 Å². The molecule has 4 heteroatoms. The molecule has 0 amide bonds. The topological polar surface area (TPSA) is 20.3 Å². The smallest absolute Gasteiger partial charge is 0.179 e. The van der Waals surface area contributed by atoms with Crippen molar-refractivity contribution >= 4 is 5.78 Å². The lowest BCUT2D eigenvalue weighted by Gasteiger charge is -2.19. The number of ketones is 1. The van der Waals surface area contributed by atoms with Gasteiger partial charge >= 0.3 is 0 Å². The van der Waals surface area contributed by atoms with Gasteiger partial charge in [0.05, 0.1) is 12.1 Å². The number of Topliss-reactive ketones (excluding diaryl/α,β-unsaturated/α-hetero) is 1. The van der Waals surface area contributed by atoms with Crippen LogP contribution in [0.4, 0.5) is 8.78 Å². The van der Waals surface area contributed by atoms with E-state index in [1.165, 1.54) is 6.07 Å². The first-order valence-corrected chi connectivity index (χ1v) is 6.08. The summed E-state index contributed by atoms with van der Waals surface area (Å²) in [7, 11) is 0. The van der Waals surface area contributed by atoms with Gasteiger partial charge in [-0.3, -0.25) is 9.69 Å². The average molecular weight is 253 g/mol. The molecule has 1 aliphatic rings. The molecule has 0 atom stereocenters. The second-order valence-electron chi connectivity index (χ2n) is 5.67. The highest BCUT2D eigenvalue weighted by Crippen LogP contribution is 2.28. The first kappa shape index (κ1) is 13.1. The number of carbonyl (C=O) groups excluding carboxylic acids is 1. The number of carbonyl (C=O) groups is 1. The van der Waals surface area contributed by atoms with E-state index in [1.807, 2.05) is 4.90 Å². The highest BCUT2D eigenvalue weighted by molar-refractivity contribution is 5.97. The second-order valence-corrected chi connectivity index (χ2v) is 5.67. The zero-order valence-electron chi connectivity index (χ0n) is 10.7. The minimum atomic E-state index is -0.779. The van der Waals surface area contributed by atoms with Crippen molar-refractivity contribution in [3.8, 4) is 0 Å². The maximum atomic E-state index is 13.4. The predicted octanol–water partition coefficient (Wildman–Crippen LogP) is 2.88. The third kappa shape index (κ3) is 2.93. The van der Waals surface area contributed by atoms with Crippen LogP contribution in [0.5, 0.6) is 0 Å². The summed E-state index contributed by atoms with van der Waals surface area (Å²) in [5, 5.41) is 0. The molecule has 0 spiro atoms. The van der Waals surface area contributed by atoms with Gasteiger partial charge in [0.1, 0.15) is 11.6 Å². The molecule has 0 bridgehead atoms. The predicted molar refractivity (Wildman–Crippen MR) is 65.5 cm³/mol. The van der Waals surface area contributed by atoms with E-state index in [0.29, 0.717) is 0 Å². The van der Waals surface area contributed by atoms with Crippen molar-refractivity contribution in [3.05, 3.63) is 35.4 Å². The van der Waals surface area contributed by atoms with Crippen LogP contribution in [0.1, 0.15) is 30.6 Å². The van der Waals surface area contributed by atoms with Gasteiger partial charge in [-0.15, -0.1) is 0 Å². The Hall–Kier alpha value is -1.29. The molecule has 98 valence electrons. The van der Waals surface area contributed by atoms with E-state index in [1.54, 1.807) is 0 Å². The molecule has 0 aromatic heterocycles. The minimum absolute atomic E-state index is 0.0268. The summed E-state index contributed by atoms with van der Waals surface area (Å²) >= 11 is 0. The van der Waals surface area contributed by atoms with E-state index in [-0.39, 0.29) is 23.3 Å². The first-order chi connectivity index (χ1) is 8.37. The molecule has 2 rings (SSSR count). The van der Waals surface area contributed by atoms with E-state index in [0.717, 1.165) is 31.6 Å². The Morgan fingerprint density at radius 3 is 2.67 bits per heavy atom. The number of nitrogens with zero attached hydrogens (tertiary/aromatic N) is 1. The Bertz CT molecular complexity index is 471. The molecule has 0 unspecified atom stereocenters. The minimum Gasteiger partial charge on any atom is -0.295 e. The molecule has 0 N–H and O–H groups in total. The molecule has 1 fully saturated rings. The molecule has 1 saturated heterocycles. The average Bonchev–Trinajstić information content (AvgIpc) is 2.57. The lowest BCUT2D eigenvalue weighted by Crippen LogP contribution is -2.29. The van der Waals surface area contributed by atoms with Gasteiger partial charge in [-0.05, 0) is 30.5 Å². The molecule has 0 aliphatic carbocycles. The molecule has 1 aliphatic heterocycles. The van der Waals surface area contributed by atoms with Crippen LogP contribution >= 0.6 is 0 Å². The Balaban J connectivity index is 2.04. The van der Waals surface area contributed by atoms with Crippen molar-refractivity contribution in [2.45, 2.75) is 20.3 Å². The molecular weight excluding hydrogens is 236 g/mol. The summed E-state index contributed by atoms with van der Waals surface area (Å²) in [6, 6.07) is 3.08. The molecule has 0 saturated carbocycles. The van der Waals surface area contributed by atoms with Crippen molar-refractivity contribution in [1.82, 2.24) is 4.90 Å². The fourth-order valence-electron chi connectivity index (χ4n) is 2.36. The van der Waals surface area contributed by atoms with E-state index in [9.17, 15) is 13.6 Å². The SMILES string of the molecule is CC1(C)CCN(CC(=O)c2ccc(F)cc2F)C1.